The lowest BCUT2D eigenvalue weighted by molar-refractivity contribution is -0.0192. The molecule has 3 nitrogen and oxygen atoms in total. The van der Waals surface area contributed by atoms with Crippen LogP contribution in [0.2, 0.25) is 0 Å². The van der Waals surface area contributed by atoms with Crippen LogP contribution in [0.25, 0.3) is 0 Å². The zero-order valence-corrected chi connectivity index (χ0v) is 9.37. The molecule has 1 N–H and O–H groups in total. The van der Waals surface area contributed by atoms with Crippen LogP contribution in [0, 0.1) is 5.92 Å². The Kier molecular flexibility index (Phi) is 3.67. The van der Waals surface area contributed by atoms with Gasteiger partial charge < -0.3 is 14.8 Å². The summed E-state index contributed by atoms with van der Waals surface area (Å²) in [5, 5.41) is 2.13. The van der Waals surface area contributed by atoms with Crippen molar-refractivity contribution in [2.75, 3.05) is 19.8 Å². The molecule has 0 aliphatic carbocycles. The summed E-state index contributed by atoms with van der Waals surface area (Å²) in [5.74, 6) is 0.565. The zero-order chi connectivity index (χ0) is 10.6. The number of rotatable bonds is 3. The summed E-state index contributed by atoms with van der Waals surface area (Å²) >= 11 is 6.19. The normalized spacial score (nSPS) is 31.5. The van der Waals surface area contributed by atoms with Gasteiger partial charge in [0.1, 0.15) is 0 Å². The molecule has 84 valence electrons. The number of hydrogen-bond donors (Lipinski definition) is 1. The largest absolute Gasteiger partial charge is 0.381 e. The van der Waals surface area contributed by atoms with Crippen molar-refractivity contribution in [3.8, 4) is 0 Å². The number of nitrogens with one attached hydrogen (secondary N) is 1. The van der Waals surface area contributed by atoms with Gasteiger partial charge in [0.15, 0.2) is 0 Å². The van der Waals surface area contributed by atoms with Gasteiger partial charge in [0.2, 0.25) is 5.18 Å². The van der Waals surface area contributed by atoms with Crippen molar-refractivity contribution in [2.24, 2.45) is 5.92 Å². The molecule has 1 atom stereocenters. The van der Waals surface area contributed by atoms with Crippen LogP contribution in [-0.2, 0) is 9.47 Å². The standard InChI is InChI=1S/C11H16ClNO2/c12-11(5-1-2-6-13-11)15-9-10-3-7-14-8-4-10/h1-2,5-6,10,13H,3-4,7-9H2. The van der Waals surface area contributed by atoms with E-state index in [-0.39, 0.29) is 0 Å². The van der Waals surface area contributed by atoms with Crippen LogP contribution in [0.5, 0.6) is 0 Å². The highest BCUT2D eigenvalue weighted by atomic mass is 35.5. The molecule has 4 heteroatoms. The molecule has 2 rings (SSSR count). The minimum absolute atomic E-state index is 0.565. The van der Waals surface area contributed by atoms with Crippen molar-refractivity contribution in [3.63, 3.8) is 0 Å². The number of halogens is 1. The van der Waals surface area contributed by atoms with E-state index in [1.54, 1.807) is 6.20 Å². The molecule has 0 aromatic heterocycles. The maximum absolute atomic E-state index is 6.19. The molecule has 1 saturated heterocycles. The lowest BCUT2D eigenvalue weighted by Crippen LogP contribution is -2.40. The Morgan fingerprint density at radius 2 is 2.20 bits per heavy atom. The molecular formula is C11H16ClNO2. The van der Waals surface area contributed by atoms with E-state index in [0.29, 0.717) is 12.5 Å². The van der Waals surface area contributed by atoms with Crippen molar-refractivity contribution >= 4 is 11.6 Å². The minimum Gasteiger partial charge on any atom is -0.381 e. The van der Waals surface area contributed by atoms with E-state index in [1.165, 1.54) is 0 Å². The summed E-state index contributed by atoms with van der Waals surface area (Å²) in [6.45, 7) is 2.36. The van der Waals surface area contributed by atoms with E-state index in [9.17, 15) is 0 Å². The Morgan fingerprint density at radius 1 is 1.40 bits per heavy atom. The summed E-state index contributed by atoms with van der Waals surface area (Å²) in [6, 6.07) is 0. The average molecular weight is 230 g/mol. The zero-order valence-electron chi connectivity index (χ0n) is 8.62. The highest BCUT2D eigenvalue weighted by Crippen LogP contribution is 2.22. The highest BCUT2D eigenvalue weighted by molar-refractivity contribution is 6.24. The van der Waals surface area contributed by atoms with E-state index < -0.39 is 5.18 Å². The molecule has 0 aromatic carbocycles. The van der Waals surface area contributed by atoms with Gasteiger partial charge in [-0.15, -0.1) is 0 Å². The molecule has 2 aliphatic heterocycles. The van der Waals surface area contributed by atoms with E-state index in [4.69, 9.17) is 21.1 Å². The topological polar surface area (TPSA) is 30.5 Å². The Balaban J connectivity index is 1.76. The van der Waals surface area contributed by atoms with Crippen LogP contribution in [0.3, 0.4) is 0 Å². The van der Waals surface area contributed by atoms with Crippen LogP contribution in [0.1, 0.15) is 12.8 Å². The first-order chi connectivity index (χ1) is 7.29. The number of dihydropyridines is 1. The van der Waals surface area contributed by atoms with Gasteiger partial charge in [0.25, 0.3) is 0 Å². The number of alkyl halides is 1. The molecule has 1 fully saturated rings. The predicted octanol–water partition coefficient (Wildman–Crippen LogP) is 2.00. The van der Waals surface area contributed by atoms with E-state index in [2.05, 4.69) is 5.32 Å². The smallest absolute Gasteiger partial charge is 0.236 e. The Labute approximate surface area is 95.1 Å². The second-order valence-corrected chi connectivity index (χ2v) is 4.44. The van der Waals surface area contributed by atoms with Gasteiger partial charge in [-0.1, -0.05) is 17.7 Å². The highest BCUT2D eigenvalue weighted by Gasteiger charge is 2.26. The van der Waals surface area contributed by atoms with Crippen molar-refractivity contribution < 1.29 is 9.47 Å². The summed E-state index contributed by atoms with van der Waals surface area (Å²) in [5.41, 5.74) is 0. The van der Waals surface area contributed by atoms with E-state index >= 15 is 0 Å². The molecular weight excluding hydrogens is 214 g/mol. The molecule has 0 bridgehead atoms. The molecule has 0 amide bonds. The third kappa shape index (κ3) is 3.23. The molecule has 0 spiro atoms. The molecule has 15 heavy (non-hydrogen) atoms. The fourth-order valence-electron chi connectivity index (χ4n) is 1.69. The van der Waals surface area contributed by atoms with Gasteiger partial charge in [0, 0.05) is 19.4 Å². The quantitative estimate of drug-likeness (QED) is 0.593. The van der Waals surface area contributed by atoms with Gasteiger partial charge in [-0.25, -0.2) is 0 Å². The van der Waals surface area contributed by atoms with Crippen LogP contribution < -0.4 is 5.32 Å². The third-order valence-electron chi connectivity index (χ3n) is 2.67. The molecule has 1 unspecified atom stereocenters. The van der Waals surface area contributed by atoms with Gasteiger partial charge >= 0.3 is 0 Å². The summed E-state index contributed by atoms with van der Waals surface area (Å²) in [6.07, 6.45) is 9.50. The number of hydrogen-bond acceptors (Lipinski definition) is 3. The Morgan fingerprint density at radius 3 is 2.87 bits per heavy atom. The summed E-state index contributed by atoms with van der Waals surface area (Å²) in [7, 11) is 0. The second-order valence-electron chi connectivity index (χ2n) is 3.87. The van der Waals surface area contributed by atoms with Crippen LogP contribution >= 0.6 is 11.6 Å². The minimum atomic E-state index is -0.854. The molecule has 0 saturated carbocycles. The first kappa shape index (κ1) is 11.0. The van der Waals surface area contributed by atoms with Gasteiger partial charge in [-0.2, -0.15) is 0 Å². The first-order valence-electron chi connectivity index (χ1n) is 5.31. The van der Waals surface area contributed by atoms with Crippen LogP contribution in [0.4, 0.5) is 0 Å². The Hall–Kier alpha value is -0.510. The van der Waals surface area contributed by atoms with Gasteiger partial charge in [-0.3, -0.25) is 0 Å². The van der Waals surface area contributed by atoms with Gasteiger partial charge in [-0.05, 0) is 30.9 Å². The summed E-state index contributed by atoms with van der Waals surface area (Å²) in [4.78, 5) is 0. The average Bonchev–Trinajstić information content (AvgIpc) is 2.29. The van der Waals surface area contributed by atoms with Crippen LogP contribution in [-0.4, -0.2) is 25.0 Å². The molecule has 2 aliphatic rings. The molecule has 0 aromatic rings. The monoisotopic (exact) mass is 229 g/mol. The lowest BCUT2D eigenvalue weighted by atomic mass is 10.0. The van der Waals surface area contributed by atoms with E-state index in [0.717, 1.165) is 26.1 Å². The number of allylic oxidation sites excluding steroid dienone is 2. The second kappa shape index (κ2) is 5.01. The number of ether oxygens (including phenoxy) is 2. The van der Waals surface area contributed by atoms with Crippen molar-refractivity contribution in [2.45, 2.75) is 18.0 Å². The third-order valence-corrected chi connectivity index (χ3v) is 3.01. The van der Waals surface area contributed by atoms with Gasteiger partial charge in [0.05, 0.1) is 6.61 Å². The SMILES string of the molecule is ClC1(OCC2CCOCC2)C=CC=CN1. The molecule has 2 heterocycles. The van der Waals surface area contributed by atoms with E-state index in [1.807, 2.05) is 18.2 Å². The van der Waals surface area contributed by atoms with Crippen LogP contribution in [0.15, 0.2) is 24.4 Å². The Bertz CT molecular complexity index is 261. The van der Waals surface area contributed by atoms with Crippen molar-refractivity contribution in [1.29, 1.82) is 0 Å². The fraction of sp³-hybridized carbons (Fsp3) is 0.636. The lowest BCUT2D eigenvalue weighted by Gasteiger charge is -2.29. The predicted molar refractivity (Wildman–Crippen MR) is 59.5 cm³/mol. The maximum atomic E-state index is 6.19. The fourth-order valence-corrected chi connectivity index (χ4v) is 1.89. The maximum Gasteiger partial charge on any atom is 0.236 e. The summed E-state index contributed by atoms with van der Waals surface area (Å²) < 4.78 is 11.0. The molecule has 0 radical (unpaired) electrons. The first-order valence-corrected chi connectivity index (χ1v) is 5.69. The van der Waals surface area contributed by atoms with Crippen molar-refractivity contribution in [3.05, 3.63) is 24.4 Å². The van der Waals surface area contributed by atoms with Crippen molar-refractivity contribution in [1.82, 2.24) is 5.32 Å².